The molecule has 0 saturated carbocycles. The van der Waals surface area contributed by atoms with E-state index in [0.29, 0.717) is 24.0 Å². The largest absolute Gasteiger partial charge is 0.298 e. The highest BCUT2D eigenvalue weighted by molar-refractivity contribution is 7.91. The van der Waals surface area contributed by atoms with Crippen molar-refractivity contribution in [1.29, 1.82) is 0 Å². The van der Waals surface area contributed by atoms with Crippen LogP contribution in [0.4, 0.5) is 0 Å². The molecular formula is C17H18N4O3S. The minimum Gasteiger partial charge on any atom is -0.298 e. The van der Waals surface area contributed by atoms with Crippen molar-refractivity contribution in [3.63, 3.8) is 0 Å². The normalized spacial score (nSPS) is 19.4. The first-order valence-corrected chi connectivity index (χ1v) is 10.0. The third kappa shape index (κ3) is 3.09. The third-order valence-corrected chi connectivity index (χ3v) is 6.37. The fourth-order valence-corrected chi connectivity index (χ4v) is 4.95. The molecule has 1 fully saturated rings. The van der Waals surface area contributed by atoms with E-state index < -0.39 is 9.84 Å². The lowest BCUT2D eigenvalue weighted by Gasteiger charge is -2.10. The fraction of sp³-hybridized carbons (Fsp3) is 0.353. The van der Waals surface area contributed by atoms with Crippen LogP contribution in [0.25, 0.3) is 11.0 Å². The molecule has 1 saturated heterocycles. The summed E-state index contributed by atoms with van der Waals surface area (Å²) in [4.78, 5) is 17.0. The van der Waals surface area contributed by atoms with Gasteiger partial charge in [0, 0.05) is 6.54 Å². The standard InChI is InChI=1S/C17H18N4O3S/c22-17-15-10-19-21(14-7-9-25(23,24)11-14)16(15)18-12-20(17)8-6-13-4-2-1-3-5-13/h1-5,10,12,14H,6-9,11H2/t14-/m1/s1. The highest BCUT2D eigenvalue weighted by Gasteiger charge is 2.31. The number of fused-ring (bicyclic) bond motifs is 1. The first kappa shape index (κ1) is 16.0. The Balaban J connectivity index is 1.62. The van der Waals surface area contributed by atoms with Crippen LogP contribution in [0.15, 0.2) is 47.7 Å². The Hall–Kier alpha value is -2.48. The zero-order valence-corrected chi connectivity index (χ0v) is 14.4. The molecule has 0 radical (unpaired) electrons. The van der Waals surface area contributed by atoms with E-state index in [1.165, 1.54) is 12.5 Å². The van der Waals surface area contributed by atoms with E-state index in [4.69, 9.17) is 0 Å². The highest BCUT2D eigenvalue weighted by atomic mass is 32.2. The molecule has 25 heavy (non-hydrogen) atoms. The number of aromatic nitrogens is 4. The summed E-state index contributed by atoms with van der Waals surface area (Å²) >= 11 is 0. The molecule has 0 unspecified atom stereocenters. The minimum atomic E-state index is -3.02. The fourth-order valence-electron chi connectivity index (χ4n) is 3.26. The lowest BCUT2D eigenvalue weighted by Crippen LogP contribution is -2.22. The van der Waals surface area contributed by atoms with Gasteiger partial charge in [0.05, 0.1) is 30.1 Å². The van der Waals surface area contributed by atoms with Crippen LogP contribution < -0.4 is 5.56 Å². The number of nitrogens with zero attached hydrogens (tertiary/aromatic N) is 4. The van der Waals surface area contributed by atoms with E-state index in [0.717, 1.165) is 12.0 Å². The maximum atomic E-state index is 12.7. The van der Waals surface area contributed by atoms with E-state index in [-0.39, 0.29) is 23.1 Å². The minimum absolute atomic E-state index is 0.0581. The van der Waals surface area contributed by atoms with Gasteiger partial charge in [-0.3, -0.25) is 9.36 Å². The summed E-state index contributed by atoms with van der Waals surface area (Å²) in [6.45, 7) is 0.536. The molecule has 1 aromatic carbocycles. The molecule has 0 aliphatic carbocycles. The quantitative estimate of drug-likeness (QED) is 0.699. The molecule has 0 N–H and O–H groups in total. The van der Waals surface area contributed by atoms with E-state index in [2.05, 4.69) is 10.1 Å². The number of benzene rings is 1. The maximum absolute atomic E-state index is 12.7. The Bertz CT molecular complexity index is 1070. The molecule has 0 bridgehead atoms. The first-order valence-electron chi connectivity index (χ1n) is 8.20. The number of hydrogen-bond donors (Lipinski definition) is 0. The smallest absolute Gasteiger partial charge is 0.264 e. The van der Waals surface area contributed by atoms with Crippen molar-refractivity contribution in [2.45, 2.75) is 25.4 Å². The van der Waals surface area contributed by atoms with Crippen LogP contribution in [0, 0.1) is 0 Å². The number of aryl methyl sites for hydroxylation is 2. The Kier molecular flexibility index (Phi) is 3.91. The summed E-state index contributed by atoms with van der Waals surface area (Å²) in [6, 6.07) is 9.71. The van der Waals surface area contributed by atoms with Crippen LogP contribution in [0.3, 0.4) is 0 Å². The van der Waals surface area contributed by atoms with Crippen molar-refractivity contribution >= 4 is 20.9 Å². The van der Waals surface area contributed by atoms with Crippen LogP contribution in [0.5, 0.6) is 0 Å². The van der Waals surface area contributed by atoms with Gasteiger partial charge >= 0.3 is 0 Å². The molecule has 130 valence electrons. The Morgan fingerprint density at radius 3 is 2.72 bits per heavy atom. The topological polar surface area (TPSA) is 86.8 Å². The summed E-state index contributed by atoms with van der Waals surface area (Å²) in [7, 11) is -3.02. The number of rotatable bonds is 4. The van der Waals surface area contributed by atoms with Crippen LogP contribution in [0.1, 0.15) is 18.0 Å². The van der Waals surface area contributed by atoms with Crippen molar-refractivity contribution in [3.8, 4) is 0 Å². The molecule has 1 aliphatic heterocycles. The molecule has 0 spiro atoms. The second-order valence-electron chi connectivity index (χ2n) is 6.36. The molecule has 3 aromatic rings. The predicted molar refractivity (Wildman–Crippen MR) is 94.2 cm³/mol. The summed E-state index contributed by atoms with van der Waals surface area (Å²) in [5.41, 5.74) is 1.47. The monoisotopic (exact) mass is 358 g/mol. The lowest BCUT2D eigenvalue weighted by molar-refractivity contribution is 0.511. The van der Waals surface area contributed by atoms with Crippen molar-refractivity contribution < 1.29 is 8.42 Å². The second kappa shape index (κ2) is 6.11. The molecule has 1 atom stereocenters. The lowest BCUT2D eigenvalue weighted by atomic mass is 10.1. The summed E-state index contributed by atoms with van der Waals surface area (Å²) in [5, 5.41) is 4.67. The molecule has 1 aliphatic rings. The van der Waals surface area contributed by atoms with Gasteiger partial charge in [0.2, 0.25) is 0 Å². The predicted octanol–water partition coefficient (Wildman–Crippen LogP) is 1.20. The molecule has 7 nitrogen and oxygen atoms in total. The Labute approximate surface area is 144 Å². The molecule has 8 heteroatoms. The number of sulfone groups is 1. The van der Waals surface area contributed by atoms with Gasteiger partial charge in [0.15, 0.2) is 15.5 Å². The van der Waals surface area contributed by atoms with Gasteiger partial charge in [-0.15, -0.1) is 0 Å². The van der Waals surface area contributed by atoms with Gasteiger partial charge in [0.25, 0.3) is 5.56 Å². The average molecular weight is 358 g/mol. The zero-order chi connectivity index (χ0) is 17.4. The van der Waals surface area contributed by atoms with E-state index in [1.54, 1.807) is 9.25 Å². The molecule has 2 aromatic heterocycles. The van der Waals surface area contributed by atoms with Gasteiger partial charge < -0.3 is 0 Å². The first-order chi connectivity index (χ1) is 12.0. The van der Waals surface area contributed by atoms with Gasteiger partial charge in [-0.1, -0.05) is 30.3 Å². The van der Waals surface area contributed by atoms with Crippen LogP contribution in [0.2, 0.25) is 0 Å². The van der Waals surface area contributed by atoms with Gasteiger partial charge in [0.1, 0.15) is 5.39 Å². The molecular weight excluding hydrogens is 340 g/mol. The third-order valence-electron chi connectivity index (χ3n) is 4.62. The molecule has 0 amide bonds. The van der Waals surface area contributed by atoms with E-state index in [9.17, 15) is 13.2 Å². The maximum Gasteiger partial charge on any atom is 0.264 e. The van der Waals surface area contributed by atoms with Crippen LogP contribution in [-0.4, -0.2) is 39.3 Å². The average Bonchev–Trinajstić information content (AvgIpc) is 3.18. The van der Waals surface area contributed by atoms with E-state index >= 15 is 0 Å². The van der Waals surface area contributed by atoms with Crippen molar-refractivity contribution in [2.24, 2.45) is 0 Å². The second-order valence-corrected chi connectivity index (χ2v) is 8.59. The summed E-state index contributed by atoms with van der Waals surface area (Å²) in [6.07, 6.45) is 4.27. The van der Waals surface area contributed by atoms with Crippen LogP contribution in [-0.2, 0) is 22.8 Å². The van der Waals surface area contributed by atoms with Gasteiger partial charge in [-0.05, 0) is 18.4 Å². The molecule has 3 heterocycles. The number of hydrogen-bond acceptors (Lipinski definition) is 5. The SMILES string of the molecule is O=c1c2cnn([C@@H]3CCS(=O)(=O)C3)c2ncn1CCc1ccccc1. The molecule has 4 rings (SSSR count). The van der Waals surface area contributed by atoms with Crippen LogP contribution >= 0.6 is 0 Å². The van der Waals surface area contributed by atoms with Crippen molar-refractivity contribution in [2.75, 3.05) is 11.5 Å². The Morgan fingerprint density at radius 1 is 1.20 bits per heavy atom. The highest BCUT2D eigenvalue weighted by Crippen LogP contribution is 2.25. The zero-order valence-electron chi connectivity index (χ0n) is 13.6. The van der Waals surface area contributed by atoms with Crippen molar-refractivity contribution in [1.82, 2.24) is 19.3 Å². The summed E-state index contributed by atoms with van der Waals surface area (Å²) < 4.78 is 26.5. The summed E-state index contributed by atoms with van der Waals surface area (Å²) in [5.74, 6) is 0.218. The van der Waals surface area contributed by atoms with Gasteiger partial charge in [-0.2, -0.15) is 5.10 Å². The van der Waals surface area contributed by atoms with E-state index in [1.807, 2.05) is 30.3 Å². The van der Waals surface area contributed by atoms with Crippen molar-refractivity contribution in [3.05, 3.63) is 58.8 Å². The Morgan fingerprint density at radius 2 is 2.00 bits per heavy atom. The van der Waals surface area contributed by atoms with Gasteiger partial charge in [-0.25, -0.2) is 18.1 Å².